The molecule has 2 N–H and O–H groups in total. The fourth-order valence-electron chi connectivity index (χ4n) is 7.76. The van der Waals surface area contributed by atoms with Crippen molar-refractivity contribution in [3.05, 3.63) is 151 Å². The lowest BCUT2D eigenvalue weighted by Crippen LogP contribution is -2.77. The highest BCUT2D eigenvalue weighted by Gasteiger charge is 2.34. The van der Waals surface area contributed by atoms with E-state index in [1.165, 1.54) is 10.8 Å². The lowest BCUT2D eigenvalue weighted by atomic mass is 9.95. The number of benzene rings is 5. The summed E-state index contributed by atoms with van der Waals surface area (Å²) in [7, 11) is 2.11. The smallest absolute Gasteiger partial charge is 0.168 e. The Balaban J connectivity index is 1.06. The average molecular weight is 638 g/mol. The van der Waals surface area contributed by atoms with Crippen LogP contribution in [0.15, 0.2) is 152 Å². The molecule has 10 rings (SSSR count). The third-order valence-electron chi connectivity index (χ3n) is 10.2. The first-order valence-electron chi connectivity index (χ1n) is 16.9. The van der Waals surface area contributed by atoms with Gasteiger partial charge >= 0.3 is 0 Å². The van der Waals surface area contributed by atoms with Gasteiger partial charge in [0, 0.05) is 34.7 Å². The number of aliphatic imine (C=N–C) groups is 2. The molecule has 2 unspecified atom stereocenters. The molecule has 3 aliphatic rings. The van der Waals surface area contributed by atoms with E-state index in [1.54, 1.807) is 0 Å². The predicted octanol–water partition coefficient (Wildman–Crippen LogP) is 9.14. The molecular weight excluding hydrogens is 604 g/mol. The highest BCUT2D eigenvalue weighted by atomic mass is 16.3. The van der Waals surface area contributed by atoms with Crippen LogP contribution in [-0.2, 0) is 6.54 Å². The Morgan fingerprint density at radius 1 is 0.755 bits per heavy atom. The Bertz CT molecular complexity index is 2620. The van der Waals surface area contributed by atoms with Crippen LogP contribution in [-0.4, -0.2) is 23.6 Å². The molecule has 0 fully saturated rings. The first-order chi connectivity index (χ1) is 24.2. The zero-order valence-corrected chi connectivity index (χ0v) is 27.0. The summed E-state index contributed by atoms with van der Waals surface area (Å²) >= 11 is 0. The van der Waals surface area contributed by atoms with Crippen LogP contribution >= 0.6 is 0 Å². The first-order valence-corrected chi connectivity index (χ1v) is 16.9. The minimum Gasteiger partial charge on any atom is -0.456 e. The van der Waals surface area contributed by atoms with Crippen LogP contribution < -0.4 is 5.32 Å². The molecule has 49 heavy (non-hydrogen) atoms. The van der Waals surface area contributed by atoms with E-state index in [0.717, 1.165) is 91.1 Å². The van der Waals surface area contributed by atoms with Crippen LogP contribution in [0.3, 0.4) is 0 Å². The van der Waals surface area contributed by atoms with Gasteiger partial charge in [-0.05, 0) is 64.2 Å². The number of furan rings is 2. The van der Waals surface area contributed by atoms with E-state index in [1.807, 2.05) is 6.07 Å². The van der Waals surface area contributed by atoms with Crippen molar-refractivity contribution in [2.24, 2.45) is 15.9 Å². The van der Waals surface area contributed by atoms with Crippen LogP contribution in [0.4, 0.5) is 0 Å². The van der Waals surface area contributed by atoms with Gasteiger partial charge in [0.1, 0.15) is 41.5 Å². The SMILES string of the molecule is CN1C(C2C=CC=CC2)=NC(C2=C[NH2+]Cc3oc4cc(-c5ccc6c(c5)oc5ccc7ccccc7c56)ccc4c32)=NC1c1ccccc1. The lowest BCUT2D eigenvalue weighted by Gasteiger charge is -2.35. The molecule has 0 saturated carbocycles. The van der Waals surface area contributed by atoms with Crippen molar-refractivity contribution in [3.8, 4) is 11.1 Å². The van der Waals surface area contributed by atoms with Gasteiger partial charge in [-0.3, -0.25) is 0 Å². The number of quaternary nitrogens is 1. The Morgan fingerprint density at radius 3 is 2.39 bits per heavy atom. The minimum absolute atomic E-state index is 0.176. The third kappa shape index (κ3) is 4.52. The van der Waals surface area contributed by atoms with E-state index in [-0.39, 0.29) is 12.1 Å². The molecule has 236 valence electrons. The number of fused-ring (bicyclic) bond motifs is 8. The molecule has 2 aromatic heterocycles. The van der Waals surface area contributed by atoms with Gasteiger partial charge in [-0.25, -0.2) is 9.98 Å². The van der Waals surface area contributed by atoms with Crippen molar-refractivity contribution in [2.75, 3.05) is 7.05 Å². The minimum atomic E-state index is -0.176. The van der Waals surface area contributed by atoms with Crippen molar-refractivity contribution in [1.29, 1.82) is 0 Å². The fourth-order valence-corrected chi connectivity index (χ4v) is 7.76. The van der Waals surface area contributed by atoms with Gasteiger partial charge in [-0.2, -0.15) is 0 Å². The van der Waals surface area contributed by atoms with Gasteiger partial charge in [-0.15, -0.1) is 0 Å². The van der Waals surface area contributed by atoms with Gasteiger partial charge in [0.05, 0.1) is 5.57 Å². The van der Waals surface area contributed by atoms with Crippen LogP contribution in [0, 0.1) is 5.92 Å². The Hall–Kier alpha value is -5.98. The molecule has 6 heteroatoms. The number of hydrogen-bond donors (Lipinski definition) is 1. The van der Waals surface area contributed by atoms with Crippen LogP contribution in [0.5, 0.6) is 0 Å². The molecule has 2 atom stereocenters. The van der Waals surface area contributed by atoms with E-state index in [9.17, 15) is 0 Å². The summed E-state index contributed by atoms with van der Waals surface area (Å²) in [6.07, 6.45) is 11.6. The summed E-state index contributed by atoms with van der Waals surface area (Å²) in [6.45, 7) is 0.726. The molecule has 4 heterocycles. The van der Waals surface area contributed by atoms with E-state index in [4.69, 9.17) is 18.8 Å². The molecule has 1 aliphatic carbocycles. The maximum atomic E-state index is 6.60. The highest BCUT2D eigenvalue weighted by Crippen LogP contribution is 2.40. The summed E-state index contributed by atoms with van der Waals surface area (Å²) in [5.41, 5.74) is 8.05. The zero-order valence-electron chi connectivity index (χ0n) is 27.0. The van der Waals surface area contributed by atoms with Crippen molar-refractivity contribution in [2.45, 2.75) is 19.1 Å². The summed E-state index contributed by atoms with van der Waals surface area (Å²) in [4.78, 5) is 12.8. The predicted molar refractivity (Wildman–Crippen MR) is 198 cm³/mol. The monoisotopic (exact) mass is 637 g/mol. The van der Waals surface area contributed by atoms with Gasteiger partial charge in [0.2, 0.25) is 0 Å². The Labute approximate surface area is 283 Å². The molecule has 5 aromatic carbocycles. The van der Waals surface area contributed by atoms with Crippen LogP contribution in [0.25, 0.3) is 60.4 Å². The molecule has 0 bridgehead atoms. The van der Waals surface area contributed by atoms with Crippen molar-refractivity contribution < 1.29 is 14.2 Å². The molecule has 6 nitrogen and oxygen atoms in total. The largest absolute Gasteiger partial charge is 0.456 e. The third-order valence-corrected chi connectivity index (χ3v) is 10.2. The summed E-state index contributed by atoms with van der Waals surface area (Å²) < 4.78 is 13.0. The molecule has 0 amide bonds. The molecule has 0 saturated heterocycles. The van der Waals surface area contributed by atoms with Crippen molar-refractivity contribution >= 4 is 60.9 Å². The highest BCUT2D eigenvalue weighted by molar-refractivity contribution is 6.29. The fraction of sp³-hybridized carbons (Fsp3) is 0.116. The van der Waals surface area contributed by atoms with E-state index in [0.29, 0.717) is 0 Å². The Kier molecular flexibility index (Phi) is 6.33. The normalized spacial score (nSPS) is 19.0. The summed E-state index contributed by atoms with van der Waals surface area (Å²) in [5.74, 6) is 2.90. The lowest BCUT2D eigenvalue weighted by molar-refractivity contribution is -0.607. The molecule has 0 radical (unpaired) electrons. The zero-order chi connectivity index (χ0) is 32.5. The van der Waals surface area contributed by atoms with Gasteiger partial charge < -0.3 is 19.1 Å². The number of hydrogen-bond acceptors (Lipinski definition) is 5. The van der Waals surface area contributed by atoms with Crippen molar-refractivity contribution in [3.63, 3.8) is 0 Å². The molecular formula is C43H33N4O2+. The summed E-state index contributed by atoms with van der Waals surface area (Å²) in [6, 6.07) is 36.2. The number of nitrogens with two attached hydrogens (primary N) is 1. The molecule has 2 aliphatic heterocycles. The second-order valence-electron chi connectivity index (χ2n) is 13.1. The molecule has 0 spiro atoms. The number of rotatable bonds is 4. The second-order valence-corrected chi connectivity index (χ2v) is 13.1. The standard InChI is InChI=1S/C43H32N4O2/c1-47-42(27-11-4-2-5-12-27)45-41(46-43(47)28-13-6-3-7-14-28)34-24-44-25-38-40(34)33-20-17-30(23-37(33)49-38)29-16-19-32-36(22-29)48-35-21-18-26-10-8-9-15-31(26)39(32)35/h2-13,15-24,28,42,44H,14,25H2,1H3/p+1. The Morgan fingerprint density at radius 2 is 1.55 bits per heavy atom. The maximum absolute atomic E-state index is 6.60. The average Bonchev–Trinajstić information content (AvgIpc) is 3.73. The van der Waals surface area contributed by atoms with E-state index < -0.39 is 0 Å². The van der Waals surface area contributed by atoms with Crippen LogP contribution in [0.1, 0.15) is 29.5 Å². The maximum Gasteiger partial charge on any atom is 0.168 e. The van der Waals surface area contributed by atoms with Gasteiger partial charge in [-0.1, -0.05) is 97.1 Å². The van der Waals surface area contributed by atoms with E-state index >= 15 is 0 Å². The second kappa shape index (κ2) is 11.0. The van der Waals surface area contributed by atoms with Gasteiger partial charge in [0.15, 0.2) is 11.6 Å². The van der Waals surface area contributed by atoms with Crippen LogP contribution in [0.2, 0.25) is 0 Å². The number of amidine groups is 2. The number of allylic oxidation sites excluding steroid dienone is 3. The van der Waals surface area contributed by atoms with Crippen molar-refractivity contribution in [1.82, 2.24) is 4.90 Å². The quantitative estimate of drug-likeness (QED) is 0.209. The first kappa shape index (κ1) is 28.1. The molecule has 7 aromatic rings. The topological polar surface area (TPSA) is 70.8 Å². The number of nitrogens with zero attached hydrogens (tertiary/aromatic N) is 3. The van der Waals surface area contributed by atoms with E-state index in [2.05, 4.69) is 145 Å². The summed E-state index contributed by atoms with van der Waals surface area (Å²) in [5, 5.41) is 7.95. The van der Waals surface area contributed by atoms with Gasteiger partial charge in [0.25, 0.3) is 0 Å².